The minimum atomic E-state index is 0.0502. The van der Waals surface area contributed by atoms with Crippen LogP contribution in [0.25, 0.3) is 0 Å². The highest BCUT2D eigenvalue weighted by Crippen LogP contribution is 2.32. The van der Waals surface area contributed by atoms with Gasteiger partial charge in [0.25, 0.3) is 0 Å². The molecule has 1 fully saturated rings. The summed E-state index contributed by atoms with van der Waals surface area (Å²) in [4.78, 5) is 4.48. The molecule has 2 unspecified atom stereocenters. The number of aromatic nitrogens is 2. The van der Waals surface area contributed by atoms with E-state index in [1.165, 1.54) is 12.8 Å². The van der Waals surface area contributed by atoms with E-state index in [1.807, 2.05) is 6.92 Å². The van der Waals surface area contributed by atoms with E-state index in [-0.39, 0.29) is 12.0 Å². The Morgan fingerprint density at radius 1 is 1.38 bits per heavy atom. The zero-order valence-electron chi connectivity index (χ0n) is 10.3. The summed E-state index contributed by atoms with van der Waals surface area (Å²) in [6.07, 6.45) is 3.59. The summed E-state index contributed by atoms with van der Waals surface area (Å²) in [6.45, 7) is 6.27. The maximum Gasteiger partial charge on any atom is 0.231 e. The molecule has 1 aliphatic rings. The molecule has 90 valence electrons. The molecule has 1 saturated carbocycles. The zero-order chi connectivity index (χ0) is 11.7. The minimum Gasteiger partial charge on any atom is -0.339 e. The molecular weight excluding hydrogens is 202 g/mol. The molecule has 0 saturated heterocycles. The third-order valence-corrected chi connectivity index (χ3v) is 3.22. The van der Waals surface area contributed by atoms with Gasteiger partial charge in [0.1, 0.15) is 0 Å². The lowest BCUT2D eigenvalue weighted by molar-refractivity contribution is 0.298. The van der Waals surface area contributed by atoms with E-state index in [0.717, 1.165) is 18.2 Å². The van der Waals surface area contributed by atoms with Gasteiger partial charge in [0.2, 0.25) is 5.89 Å². The SMILES string of the molecule is CC(C)C(c1nc(CC2CC2)no1)C(C)N. The molecule has 1 aliphatic carbocycles. The van der Waals surface area contributed by atoms with E-state index in [4.69, 9.17) is 10.3 Å². The Bertz CT molecular complexity index is 334. The van der Waals surface area contributed by atoms with Crippen LogP contribution in [0.3, 0.4) is 0 Å². The van der Waals surface area contributed by atoms with Crippen molar-refractivity contribution in [2.24, 2.45) is 17.6 Å². The van der Waals surface area contributed by atoms with Crippen molar-refractivity contribution in [3.63, 3.8) is 0 Å². The Morgan fingerprint density at radius 2 is 2.06 bits per heavy atom. The predicted molar refractivity (Wildman–Crippen MR) is 62.0 cm³/mol. The topological polar surface area (TPSA) is 64.9 Å². The third kappa shape index (κ3) is 2.61. The van der Waals surface area contributed by atoms with Gasteiger partial charge in [0.05, 0.1) is 5.92 Å². The van der Waals surface area contributed by atoms with Gasteiger partial charge in [-0.25, -0.2) is 0 Å². The minimum absolute atomic E-state index is 0.0502. The molecule has 0 aromatic carbocycles. The molecule has 1 aromatic heterocycles. The number of nitrogens with two attached hydrogens (primary N) is 1. The molecule has 0 radical (unpaired) electrons. The second-order valence-corrected chi connectivity index (χ2v) is 5.33. The maximum absolute atomic E-state index is 5.96. The van der Waals surface area contributed by atoms with Crippen LogP contribution in [0, 0.1) is 11.8 Å². The molecule has 16 heavy (non-hydrogen) atoms. The van der Waals surface area contributed by atoms with Gasteiger partial charge in [-0.2, -0.15) is 4.98 Å². The van der Waals surface area contributed by atoms with E-state index >= 15 is 0 Å². The fourth-order valence-corrected chi connectivity index (χ4v) is 2.18. The van der Waals surface area contributed by atoms with Crippen molar-refractivity contribution in [1.82, 2.24) is 10.1 Å². The van der Waals surface area contributed by atoms with Gasteiger partial charge in [-0.15, -0.1) is 0 Å². The van der Waals surface area contributed by atoms with Crippen molar-refractivity contribution in [1.29, 1.82) is 0 Å². The number of nitrogens with zero attached hydrogens (tertiary/aromatic N) is 2. The average molecular weight is 223 g/mol. The molecule has 2 N–H and O–H groups in total. The molecule has 0 aliphatic heterocycles. The van der Waals surface area contributed by atoms with Crippen LogP contribution in [0.5, 0.6) is 0 Å². The Kier molecular flexibility index (Phi) is 3.28. The lowest BCUT2D eigenvalue weighted by Crippen LogP contribution is -2.28. The second kappa shape index (κ2) is 4.53. The summed E-state index contributed by atoms with van der Waals surface area (Å²) in [7, 11) is 0. The Hall–Kier alpha value is -0.900. The van der Waals surface area contributed by atoms with Gasteiger partial charge >= 0.3 is 0 Å². The summed E-state index contributed by atoms with van der Waals surface area (Å²) in [5.41, 5.74) is 5.96. The van der Waals surface area contributed by atoms with Crippen LogP contribution in [-0.4, -0.2) is 16.2 Å². The average Bonchev–Trinajstić information content (AvgIpc) is 2.85. The highest BCUT2D eigenvalue weighted by molar-refractivity contribution is 5.00. The second-order valence-electron chi connectivity index (χ2n) is 5.33. The first-order chi connectivity index (χ1) is 7.58. The molecule has 4 nitrogen and oxygen atoms in total. The van der Waals surface area contributed by atoms with E-state index in [1.54, 1.807) is 0 Å². The fraction of sp³-hybridized carbons (Fsp3) is 0.833. The normalized spacial score (nSPS) is 20.1. The van der Waals surface area contributed by atoms with Crippen LogP contribution in [0.2, 0.25) is 0 Å². The quantitative estimate of drug-likeness (QED) is 0.830. The number of rotatable bonds is 5. The predicted octanol–water partition coefficient (Wildman–Crippen LogP) is 2.11. The van der Waals surface area contributed by atoms with Crippen molar-refractivity contribution in [3.8, 4) is 0 Å². The Labute approximate surface area is 96.6 Å². The van der Waals surface area contributed by atoms with Gasteiger partial charge in [-0.05, 0) is 31.6 Å². The van der Waals surface area contributed by atoms with Gasteiger partial charge in [-0.3, -0.25) is 0 Å². The lowest BCUT2D eigenvalue weighted by Gasteiger charge is -2.20. The van der Waals surface area contributed by atoms with Crippen LogP contribution < -0.4 is 5.73 Å². The number of hydrogen-bond acceptors (Lipinski definition) is 4. The van der Waals surface area contributed by atoms with E-state index < -0.39 is 0 Å². The molecule has 4 heteroatoms. The monoisotopic (exact) mass is 223 g/mol. The summed E-state index contributed by atoms with van der Waals surface area (Å²) in [5.74, 6) is 2.94. The van der Waals surface area contributed by atoms with Crippen LogP contribution in [0.4, 0.5) is 0 Å². The smallest absolute Gasteiger partial charge is 0.231 e. The fourth-order valence-electron chi connectivity index (χ4n) is 2.18. The van der Waals surface area contributed by atoms with Crippen molar-refractivity contribution in [2.45, 2.75) is 52.0 Å². The third-order valence-electron chi connectivity index (χ3n) is 3.22. The van der Waals surface area contributed by atoms with Crippen LogP contribution in [0.1, 0.15) is 51.2 Å². The Balaban J connectivity index is 2.08. The van der Waals surface area contributed by atoms with Gasteiger partial charge < -0.3 is 10.3 Å². The molecule has 2 rings (SSSR count). The van der Waals surface area contributed by atoms with Crippen molar-refractivity contribution < 1.29 is 4.52 Å². The summed E-state index contributed by atoms with van der Waals surface area (Å²) in [6, 6.07) is 0.0502. The van der Waals surface area contributed by atoms with Crippen molar-refractivity contribution in [3.05, 3.63) is 11.7 Å². The molecular formula is C12H21N3O. The standard InChI is InChI=1S/C12H21N3O/c1-7(2)11(8(3)13)12-14-10(15-16-12)6-9-4-5-9/h7-9,11H,4-6,13H2,1-3H3. The summed E-state index contributed by atoms with van der Waals surface area (Å²) >= 11 is 0. The van der Waals surface area contributed by atoms with Gasteiger partial charge in [0, 0.05) is 12.5 Å². The highest BCUT2D eigenvalue weighted by atomic mass is 16.5. The molecule has 1 aromatic rings. The van der Waals surface area contributed by atoms with Crippen molar-refractivity contribution >= 4 is 0 Å². The number of hydrogen-bond donors (Lipinski definition) is 1. The highest BCUT2D eigenvalue weighted by Gasteiger charge is 2.28. The largest absolute Gasteiger partial charge is 0.339 e. The maximum atomic E-state index is 5.96. The first-order valence-corrected chi connectivity index (χ1v) is 6.16. The lowest BCUT2D eigenvalue weighted by atomic mass is 9.90. The molecule has 0 bridgehead atoms. The summed E-state index contributed by atoms with van der Waals surface area (Å²) in [5, 5.41) is 4.04. The van der Waals surface area contributed by atoms with Crippen LogP contribution in [-0.2, 0) is 6.42 Å². The van der Waals surface area contributed by atoms with Crippen LogP contribution >= 0.6 is 0 Å². The molecule has 0 amide bonds. The van der Waals surface area contributed by atoms with Crippen LogP contribution in [0.15, 0.2) is 4.52 Å². The van der Waals surface area contributed by atoms with Gasteiger partial charge in [0.15, 0.2) is 5.82 Å². The van der Waals surface area contributed by atoms with E-state index in [0.29, 0.717) is 11.8 Å². The Morgan fingerprint density at radius 3 is 2.56 bits per heavy atom. The first kappa shape index (κ1) is 11.6. The summed E-state index contributed by atoms with van der Waals surface area (Å²) < 4.78 is 5.34. The molecule has 1 heterocycles. The van der Waals surface area contributed by atoms with Gasteiger partial charge in [-0.1, -0.05) is 19.0 Å². The first-order valence-electron chi connectivity index (χ1n) is 6.16. The molecule has 2 atom stereocenters. The van der Waals surface area contributed by atoms with E-state index in [9.17, 15) is 0 Å². The van der Waals surface area contributed by atoms with E-state index in [2.05, 4.69) is 24.0 Å². The zero-order valence-corrected chi connectivity index (χ0v) is 10.3. The molecule has 0 spiro atoms. The van der Waals surface area contributed by atoms with Crippen molar-refractivity contribution in [2.75, 3.05) is 0 Å².